The van der Waals surface area contributed by atoms with Gasteiger partial charge in [-0.15, -0.1) is 0 Å². The number of hydrogen-bond donors (Lipinski definition) is 1. The van der Waals surface area contributed by atoms with Crippen LogP contribution in [-0.2, 0) is 11.2 Å². The molecular weight excluding hydrogens is 229 g/mol. The number of likely N-dealkylation sites (N-methyl/N-ethyl adjacent to an activating group) is 1. The maximum absolute atomic E-state index is 12.8. The van der Waals surface area contributed by atoms with E-state index in [-0.39, 0.29) is 11.9 Å². The smallest absolute Gasteiger partial charge is 0.124 e. The Kier molecular flexibility index (Phi) is 5.74. The van der Waals surface area contributed by atoms with Gasteiger partial charge < -0.3 is 10.1 Å². The first kappa shape index (κ1) is 13.4. The van der Waals surface area contributed by atoms with Crippen molar-refractivity contribution < 1.29 is 9.13 Å². The number of benzene rings is 1. The monoisotopic (exact) mass is 245 g/mol. The lowest BCUT2D eigenvalue weighted by atomic mass is 10.1. The first-order valence-electron chi connectivity index (χ1n) is 5.36. The summed E-state index contributed by atoms with van der Waals surface area (Å²) in [7, 11) is 1.88. The zero-order valence-electron chi connectivity index (χ0n) is 9.59. The van der Waals surface area contributed by atoms with Crippen LogP contribution in [0.4, 0.5) is 4.39 Å². The van der Waals surface area contributed by atoms with Crippen molar-refractivity contribution in [1.82, 2.24) is 5.32 Å². The third-order valence-electron chi connectivity index (χ3n) is 2.41. The molecule has 0 aliphatic carbocycles. The van der Waals surface area contributed by atoms with E-state index in [9.17, 15) is 4.39 Å². The van der Waals surface area contributed by atoms with Crippen LogP contribution in [0.1, 0.15) is 12.5 Å². The predicted octanol–water partition coefficient (Wildman–Crippen LogP) is 2.65. The van der Waals surface area contributed by atoms with Crippen LogP contribution in [0.3, 0.4) is 0 Å². The zero-order valence-corrected chi connectivity index (χ0v) is 10.4. The van der Waals surface area contributed by atoms with Gasteiger partial charge in [0.2, 0.25) is 0 Å². The maximum Gasteiger partial charge on any atom is 0.124 e. The van der Waals surface area contributed by atoms with E-state index < -0.39 is 0 Å². The average molecular weight is 246 g/mol. The molecule has 0 aliphatic rings. The summed E-state index contributed by atoms with van der Waals surface area (Å²) in [6.07, 6.45) is 0.732. The number of halogens is 2. The summed E-state index contributed by atoms with van der Waals surface area (Å²) < 4.78 is 18.2. The number of hydrogen-bond acceptors (Lipinski definition) is 2. The fourth-order valence-electron chi connectivity index (χ4n) is 1.46. The Bertz CT molecular complexity index is 333. The maximum atomic E-state index is 12.8. The molecule has 1 unspecified atom stereocenters. The highest BCUT2D eigenvalue weighted by Gasteiger charge is 2.10. The van der Waals surface area contributed by atoms with E-state index in [1.165, 1.54) is 12.1 Å². The molecule has 0 saturated carbocycles. The third kappa shape index (κ3) is 4.08. The van der Waals surface area contributed by atoms with Crippen molar-refractivity contribution in [3.8, 4) is 0 Å². The van der Waals surface area contributed by atoms with Gasteiger partial charge in [-0.25, -0.2) is 4.39 Å². The first-order valence-corrected chi connectivity index (χ1v) is 5.74. The van der Waals surface area contributed by atoms with Gasteiger partial charge in [-0.1, -0.05) is 17.7 Å². The van der Waals surface area contributed by atoms with Crippen LogP contribution in [0.2, 0.25) is 5.02 Å². The minimum absolute atomic E-state index is 0.197. The van der Waals surface area contributed by atoms with Crippen molar-refractivity contribution in [3.05, 3.63) is 34.6 Å². The molecule has 0 aliphatic heterocycles. The molecular formula is C12H17ClFNO. The van der Waals surface area contributed by atoms with Crippen LogP contribution < -0.4 is 5.32 Å². The van der Waals surface area contributed by atoms with E-state index in [0.717, 1.165) is 12.0 Å². The molecule has 0 radical (unpaired) electrons. The Hall–Kier alpha value is -0.640. The molecule has 1 atom stereocenters. The Morgan fingerprint density at radius 2 is 2.25 bits per heavy atom. The molecule has 1 N–H and O–H groups in total. The van der Waals surface area contributed by atoms with Gasteiger partial charge >= 0.3 is 0 Å². The van der Waals surface area contributed by atoms with Crippen LogP contribution in [0.15, 0.2) is 18.2 Å². The fourth-order valence-corrected chi connectivity index (χ4v) is 1.70. The standard InChI is InChI=1S/C12H17ClFNO/c1-3-16-8-11(15-2)6-9-4-5-10(14)7-12(9)13/h4-5,7,11,15H,3,6,8H2,1-2H3. The quantitative estimate of drug-likeness (QED) is 0.832. The lowest BCUT2D eigenvalue weighted by Gasteiger charge is -2.16. The summed E-state index contributed by atoms with van der Waals surface area (Å²) in [6.45, 7) is 3.27. The molecule has 0 saturated heterocycles. The van der Waals surface area contributed by atoms with E-state index in [0.29, 0.717) is 18.2 Å². The topological polar surface area (TPSA) is 21.3 Å². The summed E-state index contributed by atoms with van der Waals surface area (Å²) in [6, 6.07) is 4.68. The summed E-state index contributed by atoms with van der Waals surface area (Å²) in [4.78, 5) is 0. The molecule has 4 heteroatoms. The van der Waals surface area contributed by atoms with Crippen LogP contribution in [-0.4, -0.2) is 26.3 Å². The lowest BCUT2D eigenvalue weighted by Crippen LogP contribution is -2.32. The Morgan fingerprint density at radius 3 is 2.81 bits per heavy atom. The molecule has 1 aromatic carbocycles. The second-order valence-electron chi connectivity index (χ2n) is 3.58. The van der Waals surface area contributed by atoms with E-state index in [1.807, 2.05) is 14.0 Å². The molecule has 0 aromatic heterocycles. The average Bonchev–Trinajstić information content (AvgIpc) is 2.27. The van der Waals surface area contributed by atoms with Crippen LogP contribution in [0.5, 0.6) is 0 Å². The molecule has 0 spiro atoms. The van der Waals surface area contributed by atoms with Crippen molar-refractivity contribution in [2.75, 3.05) is 20.3 Å². The van der Waals surface area contributed by atoms with Crippen molar-refractivity contribution in [2.24, 2.45) is 0 Å². The normalized spacial score (nSPS) is 12.8. The molecule has 0 fully saturated rings. The molecule has 1 aromatic rings. The van der Waals surface area contributed by atoms with Crippen LogP contribution in [0, 0.1) is 5.82 Å². The Balaban J connectivity index is 2.62. The molecule has 0 amide bonds. The fraction of sp³-hybridized carbons (Fsp3) is 0.500. The minimum atomic E-state index is -0.306. The lowest BCUT2D eigenvalue weighted by molar-refractivity contribution is 0.125. The van der Waals surface area contributed by atoms with E-state index in [4.69, 9.17) is 16.3 Å². The third-order valence-corrected chi connectivity index (χ3v) is 2.76. The van der Waals surface area contributed by atoms with Gasteiger partial charge in [0, 0.05) is 17.7 Å². The van der Waals surface area contributed by atoms with Crippen LogP contribution in [0.25, 0.3) is 0 Å². The van der Waals surface area contributed by atoms with Gasteiger partial charge in [-0.3, -0.25) is 0 Å². The van der Waals surface area contributed by atoms with Gasteiger partial charge in [0.25, 0.3) is 0 Å². The van der Waals surface area contributed by atoms with E-state index in [1.54, 1.807) is 6.07 Å². The van der Waals surface area contributed by atoms with Crippen molar-refractivity contribution in [1.29, 1.82) is 0 Å². The van der Waals surface area contributed by atoms with Gasteiger partial charge in [-0.05, 0) is 38.1 Å². The summed E-state index contributed by atoms with van der Waals surface area (Å²) in [5.41, 5.74) is 0.933. The molecule has 1 rings (SSSR count). The number of rotatable bonds is 6. The van der Waals surface area contributed by atoms with Crippen molar-refractivity contribution in [3.63, 3.8) is 0 Å². The number of ether oxygens (including phenoxy) is 1. The Labute approximate surface area is 101 Å². The Morgan fingerprint density at radius 1 is 1.50 bits per heavy atom. The van der Waals surface area contributed by atoms with Gasteiger partial charge in [-0.2, -0.15) is 0 Å². The predicted molar refractivity (Wildman–Crippen MR) is 64.5 cm³/mol. The van der Waals surface area contributed by atoms with Gasteiger partial charge in [0.1, 0.15) is 5.82 Å². The van der Waals surface area contributed by atoms with Gasteiger partial charge in [0.05, 0.1) is 6.61 Å². The molecule has 90 valence electrons. The molecule has 0 heterocycles. The van der Waals surface area contributed by atoms with Crippen molar-refractivity contribution in [2.45, 2.75) is 19.4 Å². The van der Waals surface area contributed by atoms with E-state index in [2.05, 4.69) is 5.32 Å². The summed E-state index contributed by atoms with van der Waals surface area (Å²) in [5.74, 6) is -0.306. The largest absolute Gasteiger partial charge is 0.380 e. The molecule has 2 nitrogen and oxygen atoms in total. The molecule has 16 heavy (non-hydrogen) atoms. The van der Waals surface area contributed by atoms with Crippen LogP contribution >= 0.6 is 11.6 Å². The van der Waals surface area contributed by atoms with Crippen molar-refractivity contribution >= 4 is 11.6 Å². The summed E-state index contributed by atoms with van der Waals surface area (Å²) >= 11 is 5.96. The summed E-state index contributed by atoms with van der Waals surface area (Å²) in [5, 5.41) is 3.62. The number of nitrogens with one attached hydrogen (secondary N) is 1. The highest BCUT2D eigenvalue weighted by molar-refractivity contribution is 6.31. The minimum Gasteiger partial charge on any atom is -0.380 e. The van der Waals surface area contributed by atoms with E-state index >= 15 is 0 Å². The molecule has 0 bridgehead atoms. The highest BCUT2D eigenvalue weighted by atomic mass is 35.5. The second-order valence-corrected chi connectivity index (χ2v) is 3.99. The first-order chi connectivity index (χ1) is 7.67. The van der Waals surface area contributed by atoms with Gasteiger partial charge in [0.15, 0.2) is 0 Å². The highest BCUT2D eigenvalue weighted by Crippen LogP contribution is 2.18. The SMILES string of the molecule is CCOCC(Cc1ccc(F)cc1Cl)NC. The zero-order chi connectivity index (χ0) is 12.0. The second kappa shape index (κ2) is 6.84.